The van der Waals surface area contributed by atoms with E-state index in [-0.39, 0.29) is 6.61 Å². The molecule has 24 heavy (non-hydrogen) atoms. The molecule has 1 saturated heterocycles. The summed E-state index contributed by atoms with van der Waals surface area (Å²) < 4.78 is 15.4. The number of cyclic esters (lactones) is 2. The standard InChI is InChI=1S/C17H21NO6/c1-11(22-10-12-8-6-5-7-9-12)13-14(19)23-15(20)18(13)16(21)24-17(2,3)4/h5-9,11,13H,10H2,1-4H3/t11-,13+/m1/s1. The van der Waals surface area contributed by atoms with Crippen molar-refractivity contribution in [3.63, 3.8) is 0 Å². The minimum Gasteiger partial charge on any atom is -0.443 e. The average molecular weight is 335 g/mol. The predicted octanol–water partition coefficient (Wildman–Crippen LogP) is 2.87. The number of imide groups is 1. The predicted molar refractivity (Wildman–Crippen MR) is 84.0 cm³/mol. The van der Waals surface area contributed by atoms with Crippen LogP contribution in [0.25, 0.3) is 0 Å². The van der Waals surface area contributed by atoms with Gasteiger partial charge in [0, 0.05) is 0 Å². The van der Waals surface area contributed by atoms with Crippen LogP contribution in [0.4, 0.5) is 9.59 Å². The maximum Gasteiger partial charge on any atom is 0.428 e. The second kappa shape index (κ2) is 7.00. The van der Waals surface area contributed by atoms with Gasteiger partial charge in [0.25, 0.3) is 0 Å². The molecule has 0 aliphatic carbocycles. The molecule has 0 aromatic heterocycles. The molecule has 7 heteroatoms. The number of benzene rings is 1. The first kappa shape index (κ1) is 17.9. The van der Waals surface area contributed by atoms with E-state index < -0.39 is 35.9 Å². The van der Waals surface area contributed by atoms with Crippen LogP contribution in [0.1, 0.15) is 33.3 Å². The largest absolute Gasteiger partial charge is 0.443 e. The third-order valence-electron chi connectivity index (χ3n) is 3.29. The lowest BCUT2D eigenvalue weighted by atomic mass is 10.1. The zero-order valence-corrected chi connectivity index (χ0v) is 14.1. The Bertz CT molecular complexity index is 622. The summed E-state index contributed by atoms with van der Waals surface area (Å²) in [5, 5.41) is 0. The molecule has 0 saturated carbocycles. The summed E-state index contributed by atoms with van der Waals surface area (Å²) in [4.78, 5) is 36.6. The van der Waals surface area contributed by atoms with Crippen molar-refractivity contribution in [2.24, 2.45) is 0 Å². The van der Waals surface area contributed by atoms with E-state index in [2.05, 4.69) is 4.74 Å². The fourth-order valence-electron chi connectivity index (χ4n) is 2.21. The van der Waals surface area contributed by atoms with Crippen molar-refractivity contribution in [1.29, 1.82) is 0 Å². The molecule has 0 spiro atoms. The third-order valence-corrected chi connectivity index (χ3v) is 3.29. The maximum atomic E-state index is 12.2. The zero-order valence-electron chi connectivity index (χ0n) is 14.1. The number of hydrogen-bond donors (Lipinski definition) is 0. The molecule has 1 aromatic rings. The Morgan fingerprint density at radius 2 is 1.88 bits per heavy atom. The van der Waals surface area contributed by atoms with Gasteiger partial charge < -0.3 is 14.2 Å². The van der Waals surface area contributed by atoms with Crippen LogP contribution < -0.4 is 0 Å². The minimum absolute atomic E-state index is 0.238. The first-order chi connectivity index (χ1) is 11.2. The van der Waals surface area contributed by atoms with Crippen molar-refractivity contribution in [3.8, 4) is 0 Å². The van der Waals surface area contributed by atoms with Crippen LogP contribution in [-0.4, -0.2) is 40.8 Å². The Balaban J connectivity index is 2.08. The number of amides is 2. The normalized spacial score (nSPS) is 19.2. The molecule has 1 aliphatic rings. The molecule has 1 fully saturated rings. The van der Waals surface area contributed by atoms with Gasteiger partial charge in [0.1, 0.15) is 5.60 Å². The van der Waals surface area contributed by atoms with Crippen molar-refractivity contribution in [2.45, 2.75) is 52.0 Å². The van der Waals surface area contributed by atoms with Crippen LogP contribution in [0.2, 0.25) is 0 Å². The van der Waals surface area contributed by atoms with E-state index >= 15 is 0 Å². The number of esters is 1. The molecule has 0 N–H and O–H groups in total. The van der Waals surface area contributed by atoms with Crippen LogP contribution in [0.3, 0.4) is 0 Å². The fraction of sp³-hybridized carbons (Fsp3) is 0.471. The van der Waals surface area contributed by atoms with E-state index in [9.17, 15) is 14.4 Å². The summed E-state index contributed by atoms with van der Waals surface area (Å²) in [6.07, 6.45) is -2.72. The summed E-state index contributed by atoms with van der Waals surface area (Å²) in [5.74, 6) is -0.827. The molecule has 0 bridgehead atoms. The van der Waals surface area contributed by atoms with Crippen LogP contribution >= 0.6 is 0 Å². The van der Waals surface area contributed by atoms with Crippen molar-refractivity contribution in [1.82, 2.24) is 4.90 Å². The quantitative estimate of drug-likeness (QED) is 0.621. The first-order valence-corrected chi connectivity index (χ1v) is 7.62. The topological polar surface area (TPSA) is 82.1 Å². The van der Waals surface area contributed by atoms with Gasteiger partial charge in [0.2, 0.25) is 0 Å². The van der Waals surface area contributed by atoms with Gasteiger partial charge in [-0.2, -0.15) is 4.90 Å². The van der Waals surface area contributed by atoms with Crippen LogP contribution in [0.15, 0.2) is 30.3 Å². The second-order valence-corrected chi connectivity index (χ2v) is 6.48. The molecule has 130 valence electrons. The molecule has 2 rings (SSSR count). The molecular weight excluding hydrogens is 314 g/mol. The van der Waals surface area contributed by atoms with Crippen molar-refractivity contribution in [3.05, 3.63) is 35.9 Å². The number of carbonyl (C=O) groups excluding carboxylic acids is 3. The molecule has 2 amide bonds. The van der Waals surface area contributed by atoms with Gasteiger partial charge in [0.15, 0.2) is 6.04 Å². The van der Waals surface area contributed by atoms with Crippen LogP contribution in [0.5, 0.6) is 0 Å². The van der Waals surface area contributed by atoms with E-state index in [1.807, 2.05) is 30.3 Å². The highest BCUT2D eigenvalue weighted by atomic mass is 16.6. The van der Waals surface area contributed by atoms with E-state index in [1.54, 1.807) is 27.7 Å². The SMILES string of the molecule is C[C@@H](OCc1ccccc1)[C@H]1C(=O)OC(=O)N1C(=O)OC(C)(C)C. The van der Waals surface area contributed by atoms with Gasteiger partial charge in [0.05, 0.1) is 12.7 Å². The van der Waals surface area contributed by atoms with Gasteiger partial charge in [-0.3, -0.25) is 0 Å². The minimum atomic E-state index is -1.17. The Labute approximate surface area is 140 Å². The van der Waals surface area contributed by atoms with Gasteiger partial charge >= 0.3 is 18.2 Å². The van der Waals surface area contributed by atoms with Gasteiger partial charge in [-0.1, -0.05) is 30.3 Å². The molecule has 1 heterocycles. The van der Waals surface area contributed by atoms with Gasteiger partial charge in [-0.05, 0) is 33.3 Å². The summed E-state index contributed by atoms with van der Waals surface area (Å²) in [6.45, 7) is 6.84. The smallest absolute Gasteiger partial charge is 0.428 e. The van der Waals surface area contributed by atoms with Crippen LogP contribution in [-0.2, 0) is 25.6 Å². The van der Waals surface area contributed by atoms with Crippen LogP contribution in [0, 0.1) is 0 Å². The van der Waals surface area contributed by atoms with Gasteiger partial charge in [-0.15, -0.1) is 0 Å². The Hall–Kier alpha value is -2.41. The highest BCUT2D eigenvalue weighted by molar-refractivity contribution is 6.04. The third kappa shape index (κ3) is 4.32. The maximum absolute atomic E-state index is 12.2. The molecule has 7 nitrogen and oxygen atoms in total. The lowest BCUT2D eigenvalue weighted by Crippen LogP contribution is -2.48. The lowest BCUT2D eigenvalue weighted by Gasteiger charge is -2.27. The first-order valence-electron chi connectivity index (χ1n) is 7.62. The number of carbonyl (C=O) groups is 3. The van der Waals surface area contributed by atoms with E-state index in [0.29, 0.717) is 4.90 Å². The van der Waals surface area contributed by atoms with E-state index in [4.69, 9.17) is 9.47 Å². The number of nitrogens with zero attached hydrogens (tertiary/aromatic N) is 1. The molecule has 2 atom stereocenters. The van der Waals surface area contributed by atoms with Crippen molar-refractivity contribution in [2.75, 3.05) is 0 Å². The Morgan fingerprint density at radius 3 is 2.46 bits per heavy atom. The molecule has 0 radical (unpaired) electrons. The summed E-state index contributed by atoms with van der Waals surface area (Å²) in [7, 11) is 0. The molecule has 0 unspecified atom stereocenters. The molecule has 1 aromatic carbocycles. The second-order valence-electron chi connectivity index (χ2n) is 6.48. The monoisotopic (exact) mass is 335 g/mol. The Morgan fingerprint density at radius 1 is 1.25 bits per heavy atom. The average Bonchev–Trinajstić information content (AvgIpc) is 2.78. The highest BCUT2D eigenvalue weighted by Crippen LogP contribution is 2.23. The van der Waals surface area contributed by atoms with E-state index in [1.165, 1.54) is 0 Å². The number of hydrogen-bond acceptors (Lipinski definition) is 6. The molecular formula is C17H21NO6. The number of ether oxygens (including phenoxy) is 3. The number of rotatable bonds is 4. The zero-order chi connectivity index (χ0) is 17.9. The van der Waals surface area contributed by atoms with Gasteiger partial charge in [-0.25, -0.2) is 14.4 Å². The summed E-state index contributed by atoms with van der Waals surface area (Å²) in [5.41, 5.74) is 0.104. The summed E-state index contributed by atoms with van der Waals surface area (Å²) >= 11 is 0. The fourth-order valence-corrected chi connectivity index (χ4v) is 2.21. The van der Waals surface area contributed by atoms with Crippen molar-refractivity contribution >= 4 is 18.2 Å². The Kier molecular flexibility index (Phi) is 5.23. The summed E-state index contributed by atoms with van der Waals surface area (Å²) in [6, 6.07) is 8.18. The highest BCUT2D eigenvalue weighted by Gasteiger charge is 2.50. The lowest BCUT2D eigenvalue weighted by molar-refractivity contribution is -0.139. The van der Waals surface area contributed by atoms with E-state index in [0.717, 1.165) is 5.56 Å². The van der Waals surface area contributed by atoms with Crippen molar-refractivity contribution < 1.29 is 28.6 Å². The molecule has 1 aliphatic heterocycles.